The molecule has 1 aliphatic carbocycles. The topological polar surface area (TPSA) is 65.2 Å². The van der Waals surface area contributed by atoms with Gasteiger partial charge in [-0.05, 0) is 100 Å². The maximum atomic E-state index is 8.42. The van der Waals surface area contributed by atoms with Crippen LogP contribution in [0.15, 0.2) is 134 Å². The molecule has 0 saturated heterocycles. The molecule has 0 bridgehead atoms. The summed E-state index contributed by atoms with van der Waals surface area (Å²) in [6, 6.07) is 21.0. The first-order chi connectivity index (χ1) is 25.8. The van der Waals surface area contributed by atoms with Crippen LogP contribution in [0.2, 0.25) is 0 Å². The number of furan rings is 1. The SMILES string of the molecule is [2H]c1c([2H])c([2H])c2oc(-c3cc(-c4ccc5c(c4)C(C)(C)c4cc6oc7ccccc7c6cc4-5)cc(-c4nc5c([2H])c([2H])c([2H])c([2H])c5o4)c3)nc2c1[2H]. The van der Waals surface area contributed by atoms with Crippen molar-refractivity contribution in [2.75, 3.05) is 0 Å². The number of hydrogen-bond acceptors (Lipinski definition) is 5. The Bertz CT molecular complexity index is 2930. The summed E-state index contributed by atoms with van der Waals surface area (Å²) in [5.74, 6) is 0.0910. The summed E-state index contributed by atoms with van der Waals surface area (Å²) in [5.41, 5.74) is 7.99. The van der Waals surface area contributed by atoms with Crippen molar-refractivity contribution in [3.63, 3.8) is 0 Å². The van der Waals surface area contributed by atoms with Gasteiger partial charge in [-0.15, -0.1) is 0 Å². The molecular formula is C41H26N2O3. The van der Waals surface area contributed by atoms with Crippen LogP contribution in [0.5, 0.6) is 0 Å². The number of hydrogen-bond donors (Lipinski definition) is 0. The number of para-hydroxylation sites is 5. The van der Waals surface area contributed by atoms with Crippen molar-refractivity contribution in [3.8, 4) is 45.2 Å². The zero-order chi connectivity index (χ0) is 37.5. The van der Waals surface area contributed by atoms with Crippen LogP contribution in [0.3, 0.4) is 0 Å². The first-order valence-electron chi connectivity index (χ1n) is 18.8. The predicted octanol–water partition coefficient (Wildman–Crippen LogP) is 11.2. The van der Waals surface area contributed by atoms with Crippen LogP contribution >= 0.6 is 0 Å². The molecule has 0 radical (unpaired) electrons. The summed E-state index contributed by atoms with van der Waals surface area (Å²) in [6.45, 7) is 4.37. The van der Waals surface area contributed by atoms with Gasteiger partial charge in [0.25, 0.3) is 0 Å². The average molecular weight is 603 g/mol. The largest absolute Gasteiger partial charge is 0.456 e. The van der Waals surface area contributed by atoms with Crippen LogP contribution in [-0.4, -0.2) is 9.97 Å². The van der Waals surface area contributed by atoms with Gasteiger partial charge < -0.3 is 13.3 Å². The van der Waals surface area contributed by atoms with Gasteiger partial charge in [-0.25, -0.2) is 9.97 Å². The molecule has 5 nitrogen and oxygen atoms in total. The second-order valence-corrected chi connectivity index (χ2v) is 12.1. The zero-order valence-electron chi connectivity index (χ0n) is 32.5. The van der Waals surface area contributed by atoms with Gasteiger partial charge in [0, 0.05) is 27.3 Å². The Labute approximate surface area is 275 Å². The van der Waals surface area contributed by atoms with Crippen LogP contribution in [0.1, 0.15) is 35.9 Å². The fourth-order valence-corrected chi connectivity index (χ4v) is 6.76. The highest BCUT2D eigenvalue weighted by atomic mass is 16.4. The van der Waals surface area contributed by atoms with Gasteiger partial charge in [-0.3, -0.25) is 0 Å². The lowest BCUT2D eigenvalue weighted by Crippen LogP contribution is -2.15. The van der Waals surface area contributed by atoms with E-state index in [2.05, 4.69) is 54.1 Å². The molecule has 5 heteroatoms. The maximum absolute atomic E-state index is 8.42. The monoisotopic (exact) mass is 602 g/mol. The van der Waals surface area contributed by atoms with Crippen molar-refractivity contribution in [2.24, 2.45) is 0 Å². The van der Waals surface area contributed by atoms with E-state index in [0.29, 0.717) is 16.7 Å². The Hall–Kier alpha value is -5.94. The molecule has 0 spiro atoms. The third kappa shape index (κ3) is 3.63. The Kier molecular flexibility index (Phi) is 3.69. The molecule has 10 rings (SSSR count). The van der Waals surface area contributed by atoms with E-state index in [4.69, 9.17) is 24.2 Å². The molecule has 0 N–H and O–H groups in total. The second kappa shape index (κ2) is 9.05. The van der Waals surface area contributed by atoms with Gasteiger partial charge in [-0.2, -0.15) is 0 Å². The molecule has 3 heterocycles. The fourth-order valence-electron chi connectivity index (χ4n) is 6.76. The molecule has 3 aromatic heterocycles. The first-order valence-corrected chi connectivity index (χ1v) is 14.8. The Morgan fingerprint density at radius 3 is 1.87 bits per heavy atom. The van der Waals surface area contributed by atoms with Gasteiger partial charge >= 0.3 is 0 Å². The Balaban J connectivity index is 1.18. The summed E-state index contributed by atoms with van der Waals surface area (Å²) < 4.78 is 84.5. The number of nitrogens with zero attached hydrogens (tertiary/aromatic N) is 2. The van der Waals surface area contributed by atoms with Gasteiger partial charge in [0.05, 0.1) is 11.0 Å². The Morgan fingerprint density at radius 1 is 0.522 bits per heavy atom. The molecule has 0 atom stereocenters. The fraction of sp³-hybridized carbons (Fsp3) is 0.0732. The molecule has 1 aliphatic rings. The van der Waals surface area contributed by atoms with Crippen LogP contribution < -0.4 is 0 Å². The third-order valence-corrected chi connectivity index (χ3v) is 9.03. The lowest BCUT2D eigenvalue weighted by atomic mass is 9.81. The van der Waals surface area contributed by atoms with Crippen molar-refractivity contribution in [2.45, 2.75) is 19.3 Å². The van der Waals surface area contributed by atoms with Crippen LogP contribution in [-0.2, 0) is 5.41 Å². The summed E-state index contributed by atoms with van der Waals surface area (Å²) in [5, 5.41) is 2.11. The second-order valence-electron chi connectivity index (χ2n) is 12.1. The minimum absolute atomic E-state index is 0.0102. The standard InChI is InChI=1S/C41H26N2O3/c1-41(2)31-20-23(15-16-27(31)29-21-30-28-9-3-6-12-35(28)44-38(30)22-32(29)41)24-17-25(39-42-33-10-4-7-13-36(33)45-39)19-26(18-24)40-43-34-11-5-8-14-37(34)46-40/h3-22H,1-2H3/i4D,5D,7D,8D,10D,11D,13D,14D. The molecule has 6 aromatic carbocycles. The van der Waals surface area contributed by atoms with Crippen LogP contribution in [0.25, 0.3) is 89.3 Å². The average Bonchev–Trinajstić information content (AvgIpc) is 3.96. The molecule has 0 saturated carbocycles. The minimum atomic E-state index is -0.432. The molecule has 9 aromatic rings. The number of rotatable bonds is 3. The molecule has 218 valence electrons. The van der Waals surface area contributed by atoms with Crippen molar-refractivity contribution in [1.29, 1.82) is 0 Å². The molecule has 0 unspecified atom stereocenters. The van der Waals surface area contributed by atoms with E-state index in [1.54, 1.807) is 6.07 Å². The van der Waals surface area contributed by atoms with E-state index in [9.17, 15) is 0 Å². The van der Waals surface area contributed by atoms with E-state index < -0.39 is 24.2 Å². The summed E-state index contributed by atoms with van der Waals surface area (Å²) >= 11 is 0. The molecule has 0 amide bonds. The van der Waals surface area contributed by atoms with Gasteiger partial charge in [0.2, 0.25) is 11.8 Å². The number of fused-ring (bicyclic) bond motifs is 8. The van der Waals surface area contributed by atoms with Crippen molar-refractivity contribution in [1.82, 2.24) is 9.97 Å². The van der Waals surface area contributed by atoms with E-state index in [0.717, 1.165) is 49.8 Å². The number of oxazole rings is 2. The normalized spacial score (nSPS) is 16.0. The van der Waals surface area contributed by atoms with Crippen molar-refractivity contribution >= 4 is 44.1 Å². The molecule has 46 heavy (non-hydrogen) atoms. The lowest BCUT2D eigenvalue weighted by Gasteiger charge is -2.22. The first kappa shape index (κ1) is 18.8. The predicted molar refractivity (Wildman–Crippen MR) is 183 cm³/mol. The highest BCUT2D eigenvalue weighted by Gasteiger charge is 2.36. The minimum Gasteiger partial charge on any atom is -0.456 e. The molecule has 0 fully saturated rings. The van der Waals surface area contributed by atoms with Crippen LogP contribution in [0, 0.1) is 0 Å². The highest BCUT2D eigenvalue weighted by molar-refractivity contribution is 6.07. The van der Waals surface area contributed by atoms with Crippen molar-refractivity contribution < 1.29 is 24.2 Å². The number of benzene rings is 6. The smallest absolute Gasteiger partial charge is 0.227 e. The van der Waals surface area contributed by atoms with E-state index >= 15 is 0 Å². The summed E-state index contributed by atoms with van der Waals surface area (Å²) in [6.07, 6.45) is 0. The maximum Gasteiger partial charge on any atom is 0.227 e. The van der Waals surface area contributed by atoms with E-state index in [1.165, 1.54) is 0 Å². The Morgan fingerprint density at radius 2 is 1.15 bits per heavy atom. The summed E-state index contributed by atoms with van der Waals surface area (Å²) in [7, 11) is 0. The van der Waals surface area contributed by atoms with E-state index in [1.807, 2.05) is 36.4 Å². The van der Waals surface area contributed by atoms with Crippen molar-refractivity contribution in [3.05, 3.63) is 132 Å². The zero-order valence-corrected chi connectivity index (χ0v) is 24.5. The molecular weight excluding hydrogens is 568 g/mol. The highest BCUT2D eigenvalue weighted by Crippen LogP contribution is 2.52. The van der Waals surface area contributed by atoms with Crippen LogP contribution in [0.4, 0.5) is 0 Å². The van der Waals surface area contributed by atoms with Gasteiger partial charge in [-0.1, -0.05) is 68.3 Å². The molecule has 0 aliphatic heterocycles. The number of aromatic nitrogens is 2. The quantitative estimate of drug-likeness (QED) is 0.201. The van der Waals surface area contributed by atoms with E-state index in [-0.39, 0.29) is 63.6 Å². The van der Waals surface area contributed by atoms with Gasteiger partial charge in [0.15, 0.2) is 11.2 Å². The summed E-state index contributed by atoms with van der Waals surface area (Å²) in [4.78, 5) is 9.03. The van der Waals surface area contributed by atoms with Gasteiger partial charge in [0.1, 0.15) is 22.2 Å². The lowest BCUT2D eigenvalue weighted by molar-refractivity contribution is 0.617. The third-order valence-electron chi connectivity index (χ3n) is 9.03.